The lowest BCUT2D eigenvalue weighted by Gasteiger charge is -2.32. The Morgan fingerprint density at radius 3 is 2.27 bits per heavy atom. The number of hydrogen-bond donors (Lipinski definition) is 1. The predicted octanol–water partition coefficient (Wildman–Crippen LogP) is 5.57. The highest BCUT2D eigenvalue weighted by atomic mass is 35.5. The number of amides is 2. The lowest BCUT2D eigenvalue weighted by molar-refractivity contribution is -0.141. The van der Waals surface area contributed by atoms with Crippen molar-refractivity contribution in [2.75, 3.05) is 17.1 Å². The molecule has 0 bridgehead atoms. The number of carbonyl (C=O) groups excluding carboxylic acids is 2. The number of halogens is 2. The van der Waals surface area contributed by atoms with Gasteiger partial charge < -0.3 is 10.2 Å². The van der Waals surface area contributed by atoms with E-state index < -0.39 is 16.1 Å². The molecule has 0 radical (unpaired) electrons. The van der Waals surface area contributed by atoms with Crippen LogP contribution in [0.4, 0.5) is 5.69 Å². The maximum absolute atomic E-state index is 13.5. The molecule has 2 rings (SSSR count). The summed E-state index contributed by atoms with van der Waals surface area (Å²) in [5.74, 6) is -0.460. The van der Waals surface area contributed by atoms with E-state index in [4.69, 9.17) is 23.2 Å². The van der Waals surface area contributed by atoms with Gasteiger partial charge in [-0.15, -0.1) is 0 Å². The standard InChI is InChI=1S/C27H37Cl2N3O4S/c1-6-20(4)30-27(34)24(7-2)31(18-21-14-15-22(28)23(29)17-21)26(33)13-10-16-32(37(5,35)36)25-12-9-8-11-19(25)3/h8-9,11-12,14-15,17,20,24H,6-7,10,13,16,18H2,1-5H3,(H,30,34)/t20-,24-/m0/s1. The second-order valence-electron chi connectivity index (χ2n) is 9.24. The third-order valence-corrected chi connectivity index (χ3v) is 8.18. The van der Waals surface area contributed by atoms with Gasteiger partial charge in [0, 0.05) is 25.6 Å². The zero-order chi connectivity index (χ0) is 27.8. The summed E-state index contributed by atoms with van der Waals surface area (Å²) in [6.07, 6.45) is 2.72. The SMILES string of the molecule is CC[C@H](C)NC(=O)[C@H](CC)N(Cc1ccc(Cl)c(Cl)c1)C(=O)CCCN(c1ccccc1C)S(C)(=O)=O. The van der Waals surface area contributed by atoms with E-state index in [2.05, 4.69) is 5.32 Å². The van der Waals surface area contributed by atoms with Crippen molar-refractivity contribution in [2.45, 2.75) is 72.0 Å². The molecule has 0 heterocycles. The highest BCUT2D eigenvalue weighted by Gasteiger charge is 2.29. The second kappa shape index (κ2) is 14.0. The topological polar surface area (TPSA) is 86.8 Å². The van der Waals surface area contributed by atoms with Crippen LogP contribution in [-0.2, 0) is 26.2 Å². The quantitative estimate of drug-likeness (QED) is 0.341. The van der Waals surface area contributed by atoms with Gasteiger partial charge in [0.25, 0.3) is 0 Å². The Labute approximate surface area is 231 Å². The fraction of sp³-hybridized carbons (Fsp3) is 0.481. The number of nitrogens with one attached hydrogen (secondary N) is 1. The van der Waals surface area contributed by atoms with Crippen LogP contribution < -0.4 is 9.62 Å². The Balaban J connectivity index is 2.26. The van der Waals surface area contributed by atoms with E-state index in [1.807, 2.05) is 39.8 Å². The highest BCUT2D eigenvalue weighted by Crippen LogP contribution is 2.25. The first-order chi connectivity index (χ1) is 17.4. The van der Waals surface area contributed by atoms with E-state index >= 15 is 0 Å². The first-order valence-corrected chi connectivity index (χ1v) is 15.1. The molecule has 2 atom stereocenters. The average molecular weight is 571 g/mol. The first-order valence-electron chi connectivity index (χ1n) is 12.5. The second-order valence-corrected chi connectivity index (χ2v) is 12.0. The van der Waals surface area contributed by atoms with Crippen molar-refractivity contribution in [1.29, 1.82) is 0 Å². The lowest BCUT2D eigenvalue weighted by Crippen LogP contribution is -2.50. The molecule has 0 aromatic heterocycles. The van der Waals surface area contributed by atoms with Crippen LogP contribution in [0.5, 0.6) is 0 Å². The largest absolute Gasteiger partial charge is 0.352 e. The van der Waals surface area contributed by atoms with E-state index in [0.717, 1.165) is 23.8 Å². The van der Waals surface area contributed by atoms with Crippen LogP contribution in [0.3, 0.4) is 0 Å². The van der Waals surface area contributed by atoms with Crippen molar-refractivity contribution >= 4 is 50.7 Å². The molecule has 37 heavy (non-hydrogen) atoms. The highest BCUT2D eigenvalue weighted by molar-refractivity contribution is 7.92. The molecular formula is C27H37Cl2N3O4S. The Hall–Kier alpha value is -2.29. The molecule has 204 valence electrons. The number of para-hydroxylation sites is 1. The molecule has 2 aromatic carbocycles. The maximum Gasteiger partial charge on any atom is 0.243 e. The average Bonchev–Trinajstić information content (AvgIpc) is 2.83. The molecule has 2 amide bonds. The van der Waals surface area contributed by atoms with Gasteiger partial charge in [0.15, 0.2) is 0 Å². The van der Waals surface area contributed by atoms with Gasteiger partial charge in [-0.2, -0.15) is 0 Å². The minimum absolute atomic E-state index is 0.0269. The van der Waals surface area contributed by atoms with Crippen molar-refractivity contribution in [3.05, 3.63) is 63.6 Å². The van der Waals surface area contributed by atoms with Crippen LogP contribution in [0.15, 0.2) is 42.5 Å². The molecule has 0 spiro atoms. The number of sulfonamides is 1. The van der Waals surface area contributed by atoms with Gasteiger partial charge in [0.1, 0.15) is 6.04 Å². The first kappa shape index (κ1) is 30.9. The molecule has 7 nitrogen and oxygen atoms in total. The van der Waals surface area contributed by atoms with Gasteiger partial charge in [-0.3, -0.25) is 13.9 Å². The van der Waals surface area contributed by atoms with Gasteiger partial charge in [0.05, 0.1) is 22.0 Å². The van der Waals surface area contributed by atoms with Crippen LogP contribution >= 0.6 is 23.2 Å². The van der Waals surface area contributed by atoms with E-state index in [-0.39, 0.29) is 37.4 Å². The summed E-state index contributed by atoms with van der Waals surface area (Å²) in [5.41, 5.74) is 2.16. The van der Waals surface area contributed by atoms with E-state index in [1.54, 1.807) is 35.2 Å². The third-order valence-electron chi connectivity index (χ3n) is 6.26. The minimum Gasteiger partial charge on any atom is -0.352 e. The number of carbonyl (C=O) groups is 2. The molecule has 0 aliphatic rings. The van der Waals surface area contributed by atoms with Crippen LogP contribution in [-0.4, -0.2) is 50.0 Å². The summed E-state index contributed by atoms with van der Waals surface area (Å²) in [5, 5.41) is 3.75. The van der Waals surface area contributed by atoms with Gasteiger partial charge in [-0.1, -0.05) is 61.3 Å². The van der Waals surface area contributed by atoms with E-state index in [9.17, 15) is 18.0 Å². The molecule has 0 unspecified atom stereocenters. The summed E-state index contributed by atoms with van der Waals surface area (Å²) in [7, 11) is -3.55. The number of benzene rings is 2. The summed E-state index contributed by atoms with van der Waals surface area (Å²) >= 11 is 12.3. The zero-order valence-electron chi connectivity index (χ0n) is 22.1. The summed E-state index contributed by atoms with van der Waals surface area (Å²) in [6, 6.07) is 11.6. The van der Waals surface area contributed by atoms with Gasteiger partial charge in [0.2, 0.25) is 21.8 Å². The van der Waals surface area contributed by atoms with Gasteiger partial charge in [-0.25, -0.2) is 8.42 Å². The smallest absolute Gasteiger partial charge is 0.243 e. The summed E-state index contributed by atoms with van der Waals surface area (Å²) < 4.78 is 26.4. The summed E-state index contributed by atoms with van der Waals surface area (Å²) in [6.45, 7) is 7.92. The Kier molecular flexibility index (Phi) is 11.7. The van der Waals surface area contributed by atoms with Crippen molar-refractivity contribution in [2.24, 2.45) is 0 Å². The van der Waals surface area contributed by atoms with Crippen LogP contribution in [0.25, 0.3) is 0 Å². The Bertz CT molecular complexity index is 1190. The Morgan fingerprint density at radius 1 is 1.03 bits per heavy atom. The van der Waals surface area contributed by atoms with Crippen LogP contribution in [0, 0.1) is 6.92 Å². The molecule has 2 aromatic rings. The molecule has 0 fully saturated rings. The summed E-state index contributed by atoms with van der Waals surface area (Å²) in [4.78, 5) is 28.2. The molecule has 0 aliphatic heterocycles. The van der Waals surface area contributed by atoms with Gasteiger partial charge in [-0.05, 0) is 62.4 Å². The minimum atomic E-state index is -3.55. The van der Waals surface area contributed by atoms with Crippen LogP contribution in [0.2, 0.25) is 10.0 Å². The number of aryl methyl sites for hydroxylation is 1. The monoisotopic (exact) mass is 569 g/mol. The van der Waals surface area contributed by atoms with Crippen LogP contribution in [0.1, 0.15) is 57.6 Å². The number of nitrogens with zero attached hydrogens (tertiary/aromatic N) is 2. The number of rotatable bonds is 13. The maximum atomic E-state index is 13.5. The normalized spacial score (nSPS) is 13.1. The fourth-order valence-electron chi connectivity index (χ4n) is 4.02. The molecule has 1 N–H and O–H groups in total. The predicted molar refractivity (Wildman–Crippen MR) is 152 cm³/mol. The van der Waals surface area contributed by atoms with Crippen molar-refractivity contribution in [1.82, 2.24) is 10.2 Å². The Morgan fingerprint density at radius 2 is 1.70 bits per heavy atom. The van der Waals surface area contributed by atoms with Gasteiger partial charge >= 0.3 is 0 Å². The lowest BCUT2D eigenvalue weighted by atomic mass is 10.1. The van der Waals surface area contributed by atoms with E-state index in [1.165, 1.54) is 4.31 Å². The molecule has 0 saturated heterocycles. The molecule has 0 aliphatic carbocycles. The van der Waals surface area contributed by atoms with E-state index in [0.29, 0.717) is 28.6 Å². The van der Waals surface area contributed by atoms with Crippen molar-refractivity contribution in [3.63, 3.8) is 0 Å². The zero-order valence-corrected chi connectivity index (χ0v) is 24.5. The fourth-order valence-corrected chi connectivity index (χ4v) is 5.36. The molecule has 10 heteroatoms. The molecular weight excluding hydrogens is 533 g/mol. The number of anilines is 1. The molecule has 0 saturated carbocycles. The third kappa shape index (κ3) is 8.90. The van der Waals surface area contributed by atoms with Crippen molar-refractivity contribution < 1.29 is 18.0 Å². The number of hydrogen-bond acceptors (Lipinski definition) is 4. The van der Waals surface area contributed by atoms with Crippen molar-refractivity contribution in [3.8, 4) is 0 Å².